The Bertz CT molecular complexity index is 780. The summed E-state index contributed by atoms with van der Waals surface area (Å²) in [6.45, 7) is 0.635. The van der Waals surface area contributed by atoms with Crippen LogP contribution in [0.2, 0.25) is 0 Å². The van der Waals surface area contributed by atoms with Crippen molar-refractivity contribution in [2.45, 2.75) is 11.8 Å². The lowest BCUT2D eigenvalue weighted by Gasteiger charge is -2.08. The number of nitriles is 1. The average Bonchev–Trinajstić information content (AvgIpc) is 2.53. The van der Waals surface area contributed by atoms with Crippen LogP contribution < -0.4 is 4.72 Å². The van der Waals surface area contributed by atoms with Gasteiger partial charge in [-0.25, -0.2) is 17.9 Å². The Hall–Kier alpha value is -2.57. The molecule has 9 heteroatoms. The molecule has 0 aliphatic carbocycles. The van der Waals surface area contributed by atoms with Crippen LogP contribution in [0.4, 0.5) is 0 Å². The number of benzene rings is 1. The van der Waals surface area contributed by atoms with Crippen LogP contribution in [-0.2, 0) is 19.6 Å². The van der Waals surface area contributed by atoms with Gasteiger partial charge in [0.05, 0.1) is 16.5 Å². The van der Waals surface area contributed by atoms with Gasteiger partial charge in [0.2, 0.25) is 10.0 Å². The van der Waals surface area contributed by atoms with Gasteiger partial charge in [0.25, 0.3) is 0 Å². The molecule has 0 aromatic heterocycles. The fourth-order valence-corrected chi connectivity index (χ4v) is 2.40. The van der Waals surface area contributed by atoms with Crippen molar-refractivity contribution < 1.29 is 22.7 Å². The van der Waals surface area contributed by atoms with Gasteiger partial charge < -0.3 is 10.1 Å². The quantitative estimate of drug-likeness (QED) is 0.549. The summed E-state index contributed by atoms with van der Waals surface area (Å²) in [5.41, 5.74) is -0.190. The highest BCUT2D eigenvalue weighted by Crippen LogP contribution is 2.12. The number of nitrogens with zero attached hydrogens (tertiary/aromatic N) is 1. The highest BCUT2D eigenvalue weighted by molar-refractivity contribution is 7.89. The minimum Gasteiger partial charge on any atom is -0.454 e. The lowest BCUT2D eigenvalue weighted by atomic mass is 10.0. The molecule has 1 rings (SSSR count). The first-order chi connectivity index (χ1) is 10.7. The summed E-state index contributed by atoms with van der Waals surface area (Å²) in [7, 11) is -2.47. The summed E-state index contributed by atoms with van der Waals surface area (Å²) in [5, 5.41) is 16.1. The Morgan fingerprint density at radius 3 is 2.61 bits per heavy atom. The monoisotopic (exact) mass is 337 g/mol. The molecule has 0 amide bonds. The van der Waals surface area contributed by atoms with Crippen LogP contribution in [-0.4, -0.2) is 39.5 Å². The molecule has 0 aliphatic rings. The fourth-order valence-electron chi connectivity index (χ4n) is 1.62. The molecule has 0 spiro atoms. The van der Waals surface area contributed by atoms with Gasteiger partial charge >= 0.3 is 5.97 Å². The topological polar surface area (TPSA) is 137 Å². The highest BCUT2D eigenvalue weighted by Gasteiger charge is 2.22. The molecule has 0 heterocycles. The van der Waals surface area contributed by atoms with Gasteiger partial charge in [-0.2, -0.15) is 5.26 Å². The third-order valence-corrected chi connectivity index (χ3v) is 4.29. The molecule has 2 N–H and O–H groups in total. The van der Waals surface area contributed by atoms with E-state index in [2.05, 4.69) is 4.72 Å². The third-order valence-electron chi connectivity index (χ3n) is 2.88. The number of sulfonamides is 1. The zero-order valence-corrected chi connectivity index (χ0v) is 13.3. The summed E-state index contributed by atoms with van der Waals surface area (Å²) in [5.74, 6) is -2.88. The molecule has 0 fully saturated rings. The van der Waals surface area contributed by atoms with E-state index in [0.29, 0.717) is 0 Å². The number of rotatable bonds is 7. The predicted octanol–water partition coefficient (Wildman–Crippen LogP) is 0.500. The Morgan fingerprint density at radius 1 is 1.43 bits per heavy atom. The highest BCUT2D eigenvalue weighted by atomic mass is 32.2. The Kier molecular flexibility index (Phi) is 6.12. The number of ketones is 1. The molecular formula is C14H15N3O5S. The molecule has 1 unspecified atom stereocenters. The summed E-state index contributed by atoms with van der Waals surface area (Å²) in [4.78, 5) is 23.4. The zero-order valence-electron chi connectivity index (χ0n) is 12.5. The van der Waals surface area contributed by atoms with E-state index in [1.165, 1.54) is 32.2 Å². The van der Waals surface area contributed by atoms with E-state index in [-0.39, 0.29) is 16.2 Å². The second-order valence-corrected chi connectivity index (χ2v) is 6.41. The molecule has 0 bridgehead atoms. The molecule has 0 saturated heterocycles. The summed E-state index contributed by atoms with van der Waals surface area (Å²) in [6.07, 6.45) is 0. The largest absolute Gasteiger partial charge is 0.454 e. The lowest BCUT2D eigenvalue weighted by molar-refractivity contribution is -0.122. The van der Waals surface area contributed by atoms with Gasteiger partial charge in [-0.3, -0.25) is 4.79 Å². The van der Waals surface area contributed by atoms with E-state index in [1.54, 1.807) is 6.07 Å². The van der Waals surface area contributed by atoms with Crippen molar-refractivity contribution in [3.63, 3.8) is 0 Å². The number of nitrogens with one attached hydrogen (secondary N) is 2. The molecule has 8 nitrogen and oxygen atoms in total. The molecule has 1 aromatic rings. The van der Waals surface area contributed by atoms with E-state index >= 15 is 0 Å². The maximum Gasteiger partial charge on any atom is 0.338 e. The number of hydrogen-bond acceptors (Lipinski definition) is 7. The Labute approximate surface area is 133 Å². The number of esters is 1. The second-order valence-electron chi connectivity index (χ2n) is 4.52. The first kappa shape index (κ1) is 18.5. The van der Waals surface area contributed by atoms with E-state index in [4.69, 9.17) is 15.4 Å². The smallest absolute Gasteiger partial charge is 0.338 e. The van der Waals surface area contributed by atoms with Crippen molar-refractivity contribution in [1.29, 1.82) is 10.7 Å². The number of carbonyl (C=O) groups is 2. The van der Waals surface area contributed by atoms with E-state index in [0.717, 1.165) is 6.07 Å². The SMILES string of the molecule is CNS(=O)(=O)c1cccc(C(=O)OCC(=O)C(C#N)C(C)=N)c1. The molecule has 0 aliphatic heterocycles. The van der Waals surface area contributed by atoms with Crippen molar-refractivity contribution in [3.05, 3.63) is 29.8 Å². The molecule has 1 atom stereocenters. The van der Waals surface area contributed by atoms with Crippen LogP contribution in [0.3, 0.4) is 0 Å². The molecule has 0 radical (unpaired) electrons. The van der Waals surface area contributed by atoms with Gasteiger partial charge in [0.15, 0.2) is 12.4 Å². The van der Waals surface area contributed by atoms with Crippen molar-refractivity contribution in [2.75, 3.05) is 13.7 Å². The normalized spacial score (nSPS) is 12.0. The van der Waals surface area contributed by atoms with Crippen LogP contribution in [0, 0.1) is 22.7 Å². The maximum absolute atomic E-state index is 11.9. The molecule has 1 aromatic carbocycles. The Morgan fingerprint density at radius 2 is 2.09 bits per heavy atom. The number of hydrogen-bond donors (Lipinski definition) is 2. The fraction of sp³-hybridized carbons (Fsp3) is 0.286. The van der Waals surface area contributed by atoms with Crippen molar-refractivity contribution in [1.82, 2.24) is 4.72 Å². The first-order valence-corrected chi connectivity index (χ1v) is 7.89. The first-order valence-electron chi connectivity index (χ1n) is 6.41. The van der Waals surface area contributed by atoms with Gasteiger partial charge in [-0.05, 0) is 32.2 Å². The van der Waals surface area contributed by atoms with Crippen LogP contribution in [0.15, 0.2) is 29.2 Å². The molecule has 0 saturated carbocycles. The van der Waals surface area contributed by atoms with Gasteiger partial charge in [-0.15, -0.1) is 0 Å². The van der Waals surface area contributed by atoms with E-state index in [1.807, 2.05) is 0 Å². The van der Waals surface area contributed by atoms with E-state index < -0.39 is 34.3 Å². The number of Topliss-reactive ketones (excluding diaryl/α,β-unsaturated/α-hetero) is 1. The lowest BCUT2D eigenvalue weighted by Crippen LogP contribution is -2.25. The van der Waals surface area contributed by atoms with E-state index in [9.17, 15) is 18.0 Å². The predicted molar refractivity (Wildman–Crippen MR) is 80.5 cm³/mol. The summed E-state index contributed by atoms with van der Waals surface area (Å²) in [6, 6.07) is 6.77. The van der Waals surface area contributed by atoms with Crippen molar-refractivity contribution >= 4 is 27.5 Å². The summed E-state index contributed by atoms with van der Waals surface area (Å²) < 4.78 is 30.2. The Balaban J connectivity index is 2.85. The van der Waals surface area contributed by atoms with Gasteiger partial charge in [-0.1, -0.05) is 6.07 Å². The molecular weight excluding hydrogens is 322 g/mol. The van der Waals surface area contributed by atoms with Crippen LogP contribution in [0.25, 0.3) is 0 Å². The van der Waals surface area contributed by atoms with Crippen molar-refractivity contribution in [2.24, 2.45) is 5.92 Å². The maximum atomic E-state index is 11.9. The minimum atomic E-state index is -3.71. The van der Waals surface area contributed by atoms with Gasteiger partial charge in [0.1, 0.15) is 5.92 Å². The van der Waals surface area contributed by atoms with Crippen LogP contribution >= 0.6 is 0 Å². The van der Waals surface area contributed by atoms with Crippen molar-refractivity contribution in [3.8, 4) is 6.07 Å². The minimum absolute atomic E-state index is 0.0470. The molecule has 23 heavy (non-hydrogen) atoms. The third kappa shape index (κ3) is 4.70. The molecule has 122 valence electrons. The van der Waals surface area contributed by atoms with Gasteiger partial charge in [0, 0.05) is 5.71 Å². The standard InChI is InChI=1S/C14H15N3O5S/c1-9(16)12(7-15)13(18)8-22-14(19)10-4-3-5-11(6-10)23(20,21)17-2/h3-6,12,16-17H,8H2,1-2H3. The van der Waals surface area contributed by atoms with Crippen LogP contribution in [0.1, 0.15) is 17.3 Å². The van der Waals surface area contributed by atoms with Crippen LogP contribution in [0.5, 0.6) is 0 Å². The number of carbonyl (C=O) groups excluding carboxylic acids is 2. The zero-order chi connectivity index (χ0) is 17.6. The number of ether oxygens (including phenoxy) is 1. The second kappa shape index (κ2) is 7.62. The average molecular weight is 337 g/mol. The summed E-state index contributed by atoms with van der Waals surface area (Å²) >= 11 is 0.